The Balaban J connectivity index is 1.90. The van der Waals surface area contributed by atoms with Crippen LogP contribution in [0.1, 0.15) is 18.3 Å². The minimum atomic E-state index is 0.0768. The zero-order valence-corrected chi connectivity index (χ0v) is 13.0. The fraction of sp³-hybridized carbons (Fsp3) is 0.308. The van der Waals surface area contributed by atoms with Gasteiger partial charge in [0.05, 0.1) is 23.1 Å². The van der Waals surface area contributed by atoms with Gasteiger partial charge in [0.1, 0.15) is 11.5 Å². The van der Waals surface area contributed by atoms with E-state index in [0.717, 1.165) is 23.2 Å². The number of halogens is 1. The highest BCUT2D eigenvalue weighted by atomic mass is 35.5. The Hall–Kier alpha value is -1.70. The van der Waals surface area contributed by atoms with E-state index < -0.39 is 0 Å². The summed E-state index contributed by atoms with van der Waals surface area (Å²) in [6.45, 7) is 2.56. The first kappa shape index (κ1) is 14.2. The van der Waals surface area contributed by atoms with E-state index in [9.17, 15) is 0 Å². The van der Waals surface area contributed by atoms with Crippen LogP contribution in [0.5, 0.6) is 0 Å². The molecule has 0 aliphatic rings. The largest absolute Gasteiger partial charge is 0.364 e. The van der Waals surface area contributed by atoms with Crippen molar-refractivity contribution in [2.24, 2.45) is 5.73 Å². The summed E-state index contributed by atoms with van der Waals surface area (Å²) in [5.74, 6) is 0.699. The summed E-state index contributed by atoms with van der Waals surface area (Å²) < 4.78 is 0. The maximum atomic E-state index is 5.98. The van der Waals surface area contributed by atoms with Crippen LogP contribution >= 0.6 is 22.9 Å². The molecule has 21 heavy (non-hydrogen) atoms. The number of thiazole rings is 1. The maximum absolute atomic E-state index is 5.98. The van der Waals surface area contributed by atoms with Crippen LogP contribution in [-0.2, 0) is 13.0 Å². The molecule has 3 aromatic rings. The summed E-state index contributed by atoms with van der Waals surface area (Å²) in [6.07, 6.45) is 0.750. The molecule has 0 amide bonds. The van der Waals surface area contributed by atoms with Gasteiger partial charge in [-0.3, -0.25) is 0 Å². The van der Waals surface area contributed by atoms with Gasteiger partial charge in [0.25, 0.3) is 0 Å². The summed E-state index contributed by atoms with van der Waals surface area (Å²) in [5.41, 5.74) is 10.3. The number of anilines is 1. The molecule has 0 radical (unpaired) electrons. The molecule has 0 unspecified atom stereocenters. The third kappa shape index (κ3) is 3.31. The molecule has 0 aromatic carbocycles. The molecule has 3 heterocycles. The standard InChI is InChI=1S/C13H15ClN6S/c1-7(15)2-8-3-10-11(16-4-9-5-21-6-17-9)19-13(14)20-12(10)18-8/h3,5-7H,2,4,15H2,1H3,(H2,16,18,19,20)/t7-/m0/s1. The maximum Gasteiger partial charge on any atom is 0.226 e. The van der Waals surface area contributed by atoms with Gasteiger partial charge in [-0.2, -0.15) is 4.98 Å². The zero-order chi connectivity index (χ0) is 14.8. The van der Waals surface area contributed by atoms with Crippen molar-refractivity contribution in [1.82, 2.24) is 19.9 Å². The second-order valence-electron chi connectivity index (χ2n) is 4.91. The van der Waals surface area contributed by atoms with Gasteiger partial charge in [-0.25, -0.2) is 9.97 Å². The zero-order valence-electron chi connectivity index (χ0n) is 11.4. The fourth-order valence-corrected chi connectivity index (χ4v) is 2.85. The summed E-state index contributed by atoms with van der Waals surface area (Å²) in [7, 11) is 0. The molecule has 3 rings (SSSR count). The quantitative estimate of drug-likeness (QED) is 0.628. The van der Waals surface area contributed by atoms with E-state index in [1.165, 1.54) is 0 Å². The number of aromatic amines is 1. The van der Waals surface area contributed by atoms with Crippen molar-refractivity contribution >= 4 is 39.8 Å². The number of hydrogen-bond acceptors (Lipinski definition) is 6. The summed E-state index contributed by atoms with van der Waals surface area (Å²) in [5, 5.41) is 6.36. The van der Waals surface area contributed by atoms with E-state index in [4.69, 9.17) is 17.3 Å². The minimum absolute atomic E-state index is 0.0768. The van der Waals surface area contributed by atoms with Gasteiger partial charge >= 0.3 is 0 Å². The van der Waals surface area contributed by atoms with Crippen molar-refractivity contribution < 1.29 is 0 Å². The van der Waals surface area contributed by atoms with Crippen molar-refractivity contribution in [3.63, 3.8) is 0 Å². The topological polar surface area (TPSA) is 92.5 Å². The molecule has 0 saturated carbocycles. The van der Waals surface area contributed by atoms with Crippen molar-refractivity contribution in [3.8, 4) is 0 Å². The number of rotatable bonds is 5. The normalized spacial score (nSPS) is 12.7. The predicted molar refractivity (Wildman–Crippen MR) is 85.7 cm³/mol. The number of nitrogens with zero attached hydrogens (tertiary/aromatic N) is 3. The molecule has 4 N–H and O–H groups in total. The lowest BCUT2D eigenvalue weighted by Crippen LogP contribution is -2.17. The van der Waals surface area contributed by atoms with E-state index in [1.807, 2.05) is 18.4 Å². The molecule has 1 atom stereocenters. The van der Waals surface area contributed by atoms with Gasteiger partial charge in [0, 0.05) is 23.5 Å². The fourth-order valence-electron chi connectivity index (χ4n) is 2.13. The molecule has 0 aliphatic carbocycles. The highest BCUT2D eigenvalue weighted by molar-refractivity contribution is 7.07. The average molecular weight is 323 g/mol. The van der Waals surface area contributed by atoms with Gasteiger partial charge in [-0.1, -0.05) is 0 Å². The number of aromatic nitrogens is 4. The third-order valence-corrected chi connectivity index (χ3v) is 3.78. The minimum Gasteiger partial charge on any atom is -0.364 e. The van der Waals surface area contributed by atoms with E-state index in [2.05, 4.69) is 25.3 Å². The molecule has 0 saturated heterocycles. The van der Waals surface area contributed by atoms with Crippen LogP contribution < -0.4 is 11.1 Å². The van der Waals surface area contributed by atoms with E-state index in [0.29, 0.717) is 18.0 Å². The molecule has 0 bridgehead atoms. The van der Waals surface area contributed by atoms with Gasteiger partial charge in [-0.15, -0.1) is 11.3 Å². The Morgan fingerprint density at radius 1 is 1.48 bits per heavy atom. The Kier molecular flexibility index (Phi) is 4.05. The van der Waals surface area contributed by atoms with Gasteiger partial charge in [0.2, 0.25) is 5.28 Å². The monoisotopic (exact) mass is 322 g/mol. The molecular formula is C13H15ClN6S. The van der Waals surface area contributed by atoms with Crippen molar-refractivity contribution in [1.29, 1.82) is 0 Å². The number of nitrogens with two attached hydrogens (primary N) is 1. The van der Waals surface area contributed by atoms with Gasteiger partial charge in [0.15, 0.2) is 0 Å². The lowest BCUT2D eigenvalue weighted by Gasteiger charge is -2.05. The number of H-pyrrole nitrogens is 1. The van der Waals surface area contributed by atoms with Gasteiger partial charge in [-0.05, 0) is 24.6 Å². The molecule has 3 aromatic heterocycles. The molecule has 110 valence electrons. The molecule has 6 nitrogen and oxygen atoms in total. The lowest BCUT2D eigenvalue weighted by atomic mass is 10.2. The first-order valence-electron chi connectivity index (χ1n) is 6.53. The first-order valence-corrected chi connectivity index (χ1v) is 7.85. The highest BCUT2D eigenvalue weighted by Crippen LogP contribution is 2.24. The van der Waals surface area contributed by atoms with Crippen LogP contribution in [0.3, 0.4) is 0 Å². The van der Waals surface area contributed by atoms with Crippen LogP contribution in [0.4, 0.5) is 5.82 Å². The average Bonchev–Trinajstić information content (AvgIpc) is 3.03. The SMILES string of the molecule is C[C@H](N)Cc1cc2c(NCc3cscn3)nc(Cl)nc2[nH]1. The van der Waals surface area contributed by atoms with Crippen LogP contribution in [-0.4, -0.2) is 26.0 Å². The molecule has 0 aliphatic heterocycles. The molecule has 0 fully saturated rings. The second kappa shape index (κ2) is 5.97. The number of fused-ring (bicyclic) bond motifs is 1. The Morgan fingerprint density at radius 3 is 3.05 bits per heavy atom. The van der Waals surface area contributed by atoms with E-state index in [1.54, 1.807) is 16.8 Å². The Labute approximate surface area is 130 Å². The van der Waals surface area contributed by atoms with Gasteiger partial charge < -0.3 is 16.0 Å². The van der Waals surface area contributed by atoms with Crippen molar-refractivity contribution in [2.75, 3.05) is 5.32 Å². The van der Waals surface area contributed by atoms with Crippen LogP contribution in [0.15, 0.2) is 17.0 Å². The van der Waals surface area contributed by atoms with Crippen molar-refractivity contribution in [3.05, 3.63) is 33.6 Å². The molecule has 8 heteroatoms. The Morgan fingerprint density at radius 2 is 2.33 bits per heavy atom. The summed E-state index contributed by atoms with van der Waals surface area (Å²) >= 11 is 7.54. The first-order chi connectivity index (χ1) is 10.1. The summed E-state index contributed by atoms with van der Waals surface area (Å²) in [4.78, 5) is 15.9. The Bertz CT molecular complexity index is 737. The van der Waals surface area contributed by atoms with E-state index in [-0.39, 0.29) is 11.3 Å². The molecule has 0 spiro atoms. The third-order valence-electron chi connectivity index (χ3n) is 2.98. The van der Waals surface area contributed by atoms with Crippen molar-refractivity contribution in [2.45, 2.75) is 25.9 Å². The predicted octanol–water partition coefficient (Wildman–Crippen LogP) is 2.57. The van der Waals surface area contributed by atoms with Crippen LogP contribution in [0, 0.1) is 0 Å². The van der Waals surface area contributed by atoms with Crippen LogP contribution in [0.25, 0.3) is 11.0 Å². The number of nitrogens with one attached hydrogen (secondary N) is 2. The molecular weight excluding hydrogens is 308 g/mol. The summed E-state index contributed by atoms with van der Waals surface area (Å²) in [6, 6.07) is 2.09. The second-order valence-corrected chi connectivity index (χ2v) is 5.97. The van der Waals surface area contributed by atoms with E-state index >= 15 is 0 Å². The highest BCUT2D eigenvalue weighted by Gasteiger charge is 2.11. The van der Waals surface area contributed by atoms with Crippen LogP contribution in [0.2, 0.25) is 5.28 Å². The number of hydrogen-bond donors (Lipinski definition) is 3. The lowest BCUT2D eigenvalue weighted by molar-refractivity contribution is 0.726. The smallest absolute Gasteiger partial charge is 0.226 e.